The summed E-state index contributed by atoms with van der Waals surface area (Å²) in [6, 6.07) is 15.3. The Morgan fingerprint density at radius 3 is 2.55 bits per heavy atom. The molecule has 1 unspecified atom stereocenters. The van der Waals surface area contributed by atoms with Crippen molar-refractivity contribution in [3.8, 4) is 0 Å². The average molecular weight is 424 g/mol. The van der Waals surface area contributed by atoms with Crippen LogP contribution < -0.4 is 0 Å². The lowest BCUT2D eigenvalue weighted by molar-refractivity contribution is 0.565. The van der Waals surface area contributed by atoms with E-state index in [0.717, 1.165) is 15.7 Å². The number of rotatable bonds is 5. The fourth-order valence-corrected chi connectivity index (χ4v) is 3.81. The van der Waals surface area contributed by atoms with Crippen LogP contribution in [0.5, 0.6) is 0 Å². The summed E-state index contributed by atoms with van der Waals surface area (Å²) < 4.78 is 30.5. The van der Waals surface area contributed by atoms with Gasteiger partial charge in [-0.2, -0.15) is 5.11 Å². The van der Waals surface area contributed by atoms with E-state index >= 15 is 0 Å². The van der Waals surface area contributed by atoms with E-state index in [1.54, 1.807) is 30.3 Å². The standard InChI is InChI=1S/C19H12N4O4S2/c24-23-19-16(10-17(29(26)27)15-2-1-7-20-18(15)19)22-21-13-5-3-12-9-14(28-25)6-4-11(12)8-13/h1-10,25H,(H,26,27). The van der Waals surface area contributed by atoms with Gasteiger partial charge in [-0.05, 0) is 58.4 Å². The number of benzene rings is 3. The summed E-state index contributed by atoms with van der Waals surface area (Å²) >= 11 is -1.63. The van der Waals surface area contributed by atoms with Crippen molar-refractivity contribution >= 4 is 61.9 Å². The van der Waals surface area contributed by atoms with Crippen LogP contribution >= 0.6 is 12.0 Å². The van der Waals surface area contributed by atoms with Crippen LogP contribution in [0, 0.1) is 4.91 Å². The molecule has 4 aromatic rings. The van der Waals surface area contributed by atoms with Gasteiger partial charge in [0, 0.05) is 28.5 Å². The van der Waals surface area contributed by atoms with E-state index < -0.39 is 11.1 Å². The normalized spacial score (nSPS) is 12.6. The Morgan fingerprint density at radius 2 is 1.79 bits per heavy atom. The number of azo groups is 1. The SMILES string of the molecule is O=Nc1c(N=Nc2ccc3cc(SO)ccc3c2)cc(S(=O)O)c2cccnc12. The van der Waals surface area contributed by atoms with Gasteiger partial charge in [0.05, 0.1) is 10.6 Å². The smallest absolute Gasteiger partial charge is 0.187 e. The van der Waals surface area contributed by atoms with Gasteiger partial charge in [0.25, 0.3) is 0 Å². The molecule has 1 atom stereocenters. The Hall–Kier alpha value is -3.05. The first kappa shape index (κ1) is 19.3. The van der Waals surface area contributed by atoms with Gasteiger partial charge < -0.3 is 9.11 Å². The van der Waals surface area contributed by atoms with Crippen molar-refractivity contribution in [3.63, 3.8) is 0 Å². The molecule has 0 spiro atoms. The lowest BCUT2D eigenvalue weighted by atomic mass is 10.1. The van der Waals surface area contributed by atoms with Gasteiger partial charge in [-0.3, -0.25) is 4.98 Å². The Balaban J connectivity index is 1.81. The van der Waals surface area contributed by atoms with E-state index in [2.05, 4.69) is 20.4 Å². The summed E-state index contributed by atoms with van der Waals surface area (Å²) in [6.45, 7) is 0. The molecule has 29 heavy (non-hydrogen) atoms. The second kappa shape index (κ2) is 8.13. The third kappa shape index (κ3) is 3.78. The van der Waals surface area contributed by atoms with Crippen molar-refractivity contribution < 1.29 is 13.3 Å². The maximum Gasteiger partial charge on any atom is 0.187 e. The Kier molecular flexibility index (Phi) is 5.41. The van der Waals surface area contributed by atoms with E-state index in [-0.39, 0.29) is 21.8 Å². The van der Waals surface area contributed by atoms with Crippen LogP contribution in [0.15, 0.2) is 86.0 Å². The van der Waals surface area contributed by atoms with Crippen LogP contribution in [0.4, 0.5) is 17.1 Å². The van der Waals surface area contributed by atoms with E-state index in [1.165, 1.54) is 12.3 Å². The molecule has 144 valence electrons. The van der Waals surface area contributed by atoms with Gasteiger partial charge in [0.2, 0.25) is 0 Å². The molecule has 8 nitrogen and oxygen atoms in total. The maximum absolute atomic E-state index is 11.7. The molecule has 2 N–H and O–H groups in total. The van der Waals surface area contributed by atoms with Crippen LogP contribution in [-0.2, 0) is 11.1 Å². The predicted octanol–water partition coefficient (Wildman–Crippen LogP) is 6.35. The van der Waals surface area contributed by atoms with Crippen molar-refractivity contribution in [2.24, 2.45) is 15.4 Å². The highest BCUT2D eigenvalue weighted by Crippen LogP contribution is 2.39. The zero-order valence-corrected chi connectivity index (χ0v) is 16.2. The molecule has 1 heterocycles. The number of pyridine rings is 1. The monoisotopic (exact) mass is 424 g/mol. The second-order valence-corrected chi connectivity index (χ2v) is 7.56. The van der Waals surface area contributed by atoms with E-state index in [9.17, 15) is 13.7 Å². The maximum atomic E-state index is 11.7. The first-order valence-electron chi connectivity index (χ1n) is 8.23. The van der Waals surface area contributed by atoms with E-state index in [1.807, 2.05) is 18.2 Å². The number of fused-ring (bicyclic) bond motifs is 2. The minimum Gasteiger partial charge on any atom is -0.325 e. The molecule has 0 aliphatic carbocycles. The van der Waals surface area contributed by atoms with Crippen molar-refractivity contribution in [1.29, 1.82) is 0 Å². The summed E-state index contributed by atoms with van der Waals surface area (Å²) in [4.78, 5) is 16.3. The molecule has 0 aliphatic rings. The third-order valence-corrected chi connectivity index (χ3v) is 5.44. The van der Waals surface area contributed by atoms with Gasteiger partial charge in [-0.1, -0.05) is 12.1 Å². The van der Waals surface area contributed by atoms with Crippen LogP contribution in [0.3, 0.4) is 0 Å². The van der Waals surface area contributed by atoms with Crippen molar-refractivity contribution in [2.45, 2.75) is 9.79 Å². The molecule has 0 radical (unpaired) electrons. The van der Waals surface area contributed by atoms with Gasteiger partial charge in [-0.25, -0.2) is 4.21 Å². The zero-order valence-electron chi connectivity index (χ0n) is 14.6. The number of aromatic nitrogens is 1. The molecule has 0 saturated carbocycles. The molecule has 0 aliphatic heterocycles. The Bertz CT molecular complexity index is 1310. The minimum atomic E-state index is -2.30. The van der Waals surface area contributed by atoms with E-state index in [0.29, 0.717) is 23.1 Å². The third-order valence-electron chi connectivity index (χ3n) is 4.26. The fraction of sp³-hybridized carbons (Fsp3) is 0. The van der Waals surface area contributed by atoms with E-state index in [4.69, 9.17) is 4.55 Å². The first-order chi connectivity index (χ1) is 14.1. The molecular formula is C19H12N4O4S2. The molecule has 0 amide bonds. The fourth-order valence-electron chi connectivity index (χ4n) is 2.94. The second-order valence-electron chi connectivity index (χ2n) is 5.97. The molecule has 0 saturated heterocycles. The van der Waals surface area contributed by atoms with Gasteiger partial charge in [0.1, 0.15) is 11.2 Å². The molecule has 10 heteroatoms. The van der Waals surface area contributed by atoms with Gasteiger partial charge in [0.15, 0.2) is 16.8 Å². The Morgan fingerprint density at radius 1 is 1.00 bits per heavy atom. The number of hydrogen-bond donors (Lipinski definition) is 2. The quantitative estimate of drug-likeness (QED) is 0.166. The molecule has 4 rings (SSSR count). The van der Waals surface area contributed by atoms with Gasteiger partial charge >= 0.3 is 0 Å². The van der Waals surface area contributed by atoms with Crippen LogP contribution in [0.2, 0.25) is 0 Å². The molecule has 0 bridgehead atoms. The average Bonchev–Trinajstić information content (AvgIpc) is 2.76. The molecule has 1 aromatic heterocycles. The zero-order chi connectivity index (χ0) is 20.4. The summed E-state index contributed by atoms with van der Waals surface area (Å²) in [7, 11) is 0. The van der Waals surface area contributed by atoms with Crippen molar-refractivity contribution in [1.82, 2.24) is 4.98 Å². The predicted molar refractivity (Wildman–Crippen MR) is 113 cm³/mol. The lowest BCUT2D eigenvalue weighted by Crippen LogP contribution is -1.92. The summed E-state index contributed by atoms with van der Waals surface area (Å²) in [6.07, 6.45) is 1.46. The first-order valence-corrected chi connectivity index (χ1v) is 10.1. The van der Waals surface area contributed by atoms with Crippen LogP contribution in [-0.4, -0.2) is 18.3 Å². The van der Waals surface area contributed by atoms with Gasteiger partial charge in [-0.15, -0.1) is 10.0 Å². The highest BCUT2D eigenvalue weighted by Gasteiger charge is 2.17. The van der Waals surface area contributed by atoms with Crippen LogP contribution in [0.1, 0.15) is 0 Å². The molecular weight excluding hydrogens is 412 g/mol. The minimum absolute atomic E-state index is 0.0516. The number of nitroso groups, excluding NO2 is 1. The van der Waals surface area contributed by atoms with Crippen molar-refractivity contribution in [2.75, 3.05) is 0 Å². The summed E-state index contributed by atoms with van der Waals surface area (Å²) in [5, 5.41) is 13.4. The van der Waals surface area contributed by atoms with Crippen LogP contribution in [0.25, 0.3) is 21.7 Å². The van der Waals surface area contributed by atoms with Crippen molar-refractivity contribution in [3.05, 3.63) is 65.7 Å². The topological polar surface area (TPSA) is 125 Å². The largest absolute Gasteiger partial charge is 0.325 e. The summed E-state index contributed by atoms with van der Waals surface area (Å²) in [5.41, 5.74) is 0.704. The molecule has 0 fully saturated rings. The number of nitrogens with zero attached hydrogens (tertiary/aromatic N) is 4. The molecule has 3 aromatic carbocycles. The Labute approximate surface area is 171 Å². The number of hydrogen-bond acceptors (Lipinski definition) is 8. The highest BCUT2D eigenvalue weighted by molar-refractivity contribution is 7.93. The lowest BCUT2D eigenvalue weighted by Gasteiger charge is -2.06. The highest BCUT2D eigenvalue weighted by atomic mass is 32.2. The summed E-state index contributed by atoms with van der Waals surface area (Å²) in [5.74, 6) is 0.